The van der Waals surface area contributed by atoms with E-state index in [4.69, 9.17) is 0 Å². The molecule has 54 valence electrons. The van der Waals surface area contributed by atoms with Crippen LogP contribution in [0, 0.1) is 10.1 Å². The first-order valence-electron chi connectivity index (χ1n) is 2.46. The van der Waals surface area contributed by atoms with E-state index in [2.05, 4.69) is 0 Å². The molecule has 5 heteroatoms. The third kappa shape index (κ3) is 2.25. The van der Waals surface area contributed by atoms with Gasteiger partial charge in [-0.15, -0.1) is 0 Å². The van der Waals surface area contributed by atoms with Gasteiger partial charge in [-0.3, -0.25) is 0 Å². The maximum atomic E-state index is 12.2. The lowest BCUT2D eigenvalue weighted by Crippen LogP contribution is -2.38. The highest BCUT2D eigenvalue weighted by Gasteiger charge is 2.30. The number of hydrogen-bond donors (Lipinski definition) is 0. The van der Waals surface area contributed by atoms with Crippen molar-refractivity contribution in [3.63, 3.8) is 0 Å². The first-order chi connectivity index (χ1) is 3.85. The fourth-order valence-corrected chi connectivity index (χ4v) is 0.245. The molecule has 0 atom stereocenters. The molecule has 0 aromatic carbocycles. The summed E-state index contributed by atoms with van der Waals surface area (Å²) < 4.78 is 12.2. The van der Waals surface area contributed by atoms with E-state index in [1.807, 2.05) is 0 Å². The molecule has 0 aliphatic heterocycles. The van der Waals surface area contributed by atoms with Crippen molar-refractivity contribution < 1.29 is 9.51 Å². The molecule has 0 aliphatic rings. The molecule has 0 aromatic rings. The molecule has 0 rings (SSSR count). The first-order valence-corrected chi connectivity index (χ1v) is 2.46. The lowest BCUT2D eigenvalue weighted by Gasteiger charge is -2.17. The fraction of sp³-hybridized carbons (Fsp3) is 1.00. The predicted octanol–water partition coefficient (Wildman–Crippen LogP) is 1.16. The van der Waals surface area contributed by atoms with E-state index in [0.29, 0.717) is 0 Å². The van der Waals surface area contributed by atoms with Gasteiger partial charge in [0.2, 0.25) is 0 Å². The molecule has 0 fully saturated rings. The van der Waals surface area contributed by atoms with Gasteiger partial charge in [-0.25, -0.2) is 10.1 Å². The van der Waals surface area contributed by atoms with E-state index in [9.17, 15) is 14.6 Å². The van der Waals surface area contributed by atoms with Crippen LogP contribution in [0.3, 0.4) is 0 Å². The monoisotopic (exact) mass is 136 g/mol. The van der Waals surface area contributed by atoms with Crippen LogP contribution in [0.4, 0.5) is 4.48 Å². The molecular formula is C4H9FN2O2. The van der Waals surface area contributed by atoms with Crippen molar-refractivity contribution in [3.8, 4) is 0 Å². The maximum Gasteiger partial charge on any atom is 0.191 e. The van der Waals surface area contributed by atoms with Crippen molar-refractivity contribution in [2.45, 2.75) is 26.3 Å². The molecule has 0 radical (unpaired) electrons. The molecule has 0 unspecified atom stereocenters. The number of halogens is 1. The van der Waals surface area contributed by atoms with Crippen LogP contribution in [0.15, 0.2) is 0 Å². The molecule has 0 amide bonds. The second-order valence-corrected chi connectivity index (χ2v) is 2.67. The van der Waals surface area contributed by atoms with Gasteiger partial charge in [0.05, 0.1) is 5.23 Å². The van der Waals surface area contributed by atoms with Crippen molar-refractivity contribution in [2.24, 2.45) is 0 Å². The molecule has 0 N–H and O–H groups in total. The second kappa shape index (κ2) is 2.16. The van der Waals surface area contributed by atoms with Crippen LogP contribution in [-0.2, 0) is 0 Å². The summed E-state index contributed by atoms with van der Waals surface area (Å²) >= 11 is 0. The minimum atomic E-state index is -1.08. The molecule has 0 heterocycles. The lowest BCUT2D eigenvalue weighted by molar-refractivity contribution is -0.723. The molecule has 0 saturated heterocycles. The summed E-state index contributed by atoms with van der Waals surface area (Å²) in [6, 6.07) is 0. The Morgan fingerprint density at radius 2 is 1.89 bits per heavy atom. The third-order valence-electron chi connectivity index (χ3n) is 0.697. The number of hydrogen-bond acceptors (Lipinski definition) is 2. The Labute approximate surface area is 52.3 Å². The second-order valence-electron chi connectivity index (χ2n) is 2.67. The quantitative estimate of drug-likeness (QED) is 0.308. The molecule has 0 aliphatic carbocycles. The average Bonchev–Trinajstić information content (AvgIpc) is 1.62. The zero-order chi connectivity index (χ0) is 7.65. The smallest absolute Gasteiger partial charge is 0.191 e. The van der Waals surface area contributed by atoms with E-state index in [1.165, 1.54) is 20.8 Å². The highest BCUT2D eigenvalue weighted by Crippen LogP contribution is 2.12. The summed E-state index contributed by atoms with van der Waals surface area (Å²) in [5, 5.41) is 8.20. The molecule has 0 spiro atoms. The minimum Gasteiger partial charge on any atom is -0.233 e. The largest absolute Gasteiger partial charge is 0.233 e. The maximum absolute atomic E-state index is 12.2. The van der Waals surface area contributed by atoms with Crippen LogP contribution in [0.2, 0.25) is 0 Å². The van der Waals surface area contributed by atoms with Crippen molar-refractivity contribution in [2.75, 3.05) is 0 Å². The summed E-state index contributed by atoms with van der Waals surface area (Å²) in [7, 11) is 0. The normalized spacial score (nSPS) is 11.1. The molecule has 0 aromatic heterocycles. The minimum absolute atomic E-state index is 0.424. The van der Waals surface area contributed by atoms with Gasteiger partial charge in [0.15, 0.2) is 5.03 Å². The molecule has 0 saturated carbocycles. The summed E-state index contributed by atoms with van der Waals surface area (Å²) in [5.41, 5.74) is -1.05. The number of nitrogens with zero attached hydrogens (tertiary/aromatic N) is 2. The Morgan fingerprint density at radius 3 is 1.89 bits per heavy atom. The van der Waals surface area contributed by atoms with E-state index >= 15 is 0 Å². The van der Waals surface area contributed by atoms with E-state index in [0.717, 1.165) is 0 Å². The van der Waals surface area contributed by atoms with Crippen molar-refractivity contribution in [1.29, 1.82) is 0 Å². The molecule has 0 bridgehead atoms. The summed E-state index contributed by atoms with van der Waals surface area (Å²) in [4.78, 5) is 9.70. The number of hydrazine groups is 1. The zero-order valence-corrected chi connectivity index (χ0v) is 5.59. The SMILES string of the molecule is CC(C)(C)N(F)[N+](=O)[O-]. The van der Waals surface area contributed by atoms with E-state index in [-0.39, 0.29) is 0 Å². The van der Waals surface area contributed by atoms with Crippen molar-refractivity contribution in [1.82, 2.24) is 5.23 Å². The van der Waals surface area contributed by atoms with Gasteiger partial charge in [-0.05, 0) is 25.3 Å². The van der Waals surface area contributed by atoms with Gasteiger partial charge in [0.25, 0.3) is 0 Å². The average molecular weight is 136 g/mol. The Hall–Kier alpha value is -0.870. The summed E-state index contributed by atoms with van der Waals surface area (Å²) in [6.45, 7) is 4.24. The summed E-state index contributed by atoms with van der Waals surface area (Å²) in [5.74, 6) is 0. The van der Waals surface area contributed by atoms with Crippen LogP contribution in [0.5, 0.6) is 0 Å². The van der Waals surface area contributed by atoms with Crippen molar-refractivity contribution >= 4 is 0 Å². The highest BCUT2D eigenvalue weighted by atomic mass is 19.2. The number of rotatable bonds is 1. The third-order valence-corrected chi connectivity index (χ3v) is 0.697. The van der Waals surface area contributed by atoms with Gasteiger partial charge in [0, 0.05) is 0 Å². The predicted molar refractivity (Wildman–Crippen MR) is 29.7 cm³/mol. The molecular weight excluding hydrogens is 127 g/mol. The van der Waals surface area contributed by atoms with Crippen LogP contribution in [0.25, 0.3) is 0 Å². The lowest BCUT2D eigenvalue weighted by atomic mass is 10.1. The first kappa shape index (κ1) is 8.13. The molecule has 9 heavy (non-hydrogen) atoms. The highest BCUT2D eigenvalue weighted by molar-refractivity contribution is 4.62. The van der Waals surface area contributed by atoms with Crippen LogP contribution >= 0.6 is 0 Å². The van der Waals surface area contributed by atoms with E-state index < -0.39 is 15.8 Å². The van der Waals surface area contributed by atoms with Crippen LogP contribution < -0.4 is 0 Å². The van der Waals surface area contributed by atoms with Gasteiger partial charge >= 0.3 is 0 Å². The zero-order valence-electron chi connectivity index (χ0n) is 5.59. The Morgan fingerprint density at radius 1 is 1.56 bits per heavy atom. The van der Waals surface area contributed by atoms with Crippen LogP contribution in [0.1, 0.15) is 20.8 Å². The summed E-state index contributed by atoms with van der Waals surface area (Å²) in [6.07, 6.45) is 0. The topological polar surface area (TPSA) is 46.4 Å². The van der Waals surface area contributed by atoms with Crippen molar-refractivity contribution in [3.05, 3.63) is 10.1 Å². The van der Waals surface area contributed by atoms with Crippen LogP contribution in [-0.4, -0.2) is 15.8 Å². The van der Waals surface area contributed by atoms with Gasteiger partial charge in [-0.2, -0.15) is 0 Å². The molecule has 4 nitrogen and oxygen atoms in total. The Bertz CT molecular complexity index is 120. The number of nitro groups is 1. The van der Waals surface area contributed by atoms with Gasteiger partial charge in [0.1, 0.15) is 5.54 Å². The van der Waals surface area contributed by atoms with Gasteiger partial charge < -0.3 is 0 Å². The standard InChI is InChI=1S/C4H9FN2O2/c1-4(2,3)6(5)7(8)9/h1-3H3. The van der Waals surface area contributed by atoms with Gasteiger partial charge in [-0.1, -0.05) is 0 Å². The Balaban J connectivity index is 4.04. The Kier molecular flexibility index (Phi) is 1.95. The van der Waals surface area contributed by atoms with E-state index in [1.54, 1.807) is 0 Å². The fourth-order valence-electron chi connectivity index (χ4n) is 0.245.